The predicted molar refractivity (Wildman–Crippen MR) is 70.8 cm³/mol. The Kier molecular flexibility index (Phi) is 4.41. The quantitative estimate of drug-likeness (QED) is 0.755. The normalized spacial score (nSPS) is 13.5. The average molecular weight is 269 g/mol. The lowest BCUT2D eigenvalue weighted by molar-refractivity contribution is 0.0878. The fraction of sp³-hybridized carbons (Fsp3) is 0.500. The van der Waals surface area contributed by atoms with E-state index in [2.05, 4.69) is 20.3 Å². The van der Waals surface area contributed by atoms with E-state index >= 15 is 0 Å². The Morgan fingerprint density at radius 1 is 1.50 bits per heavy atom. The lowest BCUT2D eigenvalue weighted by atomic mass is 10.4. The number of hydrogen-bond donors (Lipinski definition) is 2. The molecule has 2 aromatic rings. The van der Waals surface area contributed by atoms with Crippen LogP contribution < -0.4 is 5.32 Å². The molecule has 18 heavy (non-hydrogen) atoms. The molecule has 8 heteroatoms. The first kappa shape index (κ1) is 13.1. The zero-order chi connectivity index (χ0) is 13.0. The Morgan fingerprint density at radius 2 is 2.33 bits per heavy atom. The number of aromatic nitrogens is 4. The summed E-state index contributed by atoms with van der Waals surface area (Å²) in [6.07, 6.45) is 3.59. The van der Waals surface area contributed by atoms with E-state index in [4.69, 9.17) is 9.63 Å². The number of nitrogens with zero attached hydrogens (tertiary/aromatic N) is 4. The minimum absolute atomic E-state index is 0.00458. The minimum Gasteiger partial charge on any atom is -0.375 e. The second-order valence-corrected chi connectivity index (χ2v) is 4.43. The van der Waals surface area contributed by atoms with Gasteiger partial charge in [-0.2, -0.15) is 0 Å². The van der Waals surface area contributed by atoms with Crippen LogP contribution in [0, 0.1) is 0 Å². The molecule has 0 radical (unpaired) electrons. The van der Waals surface area contributed by atoms with Crippen molar-refractivity contribution in [3.63, 3.8) is 0 Å². The van der Waals surface area contributed by atoms with Gasteiger partial charge in [-0.3, -0.25) is 0 Å². The van der Waals surface area contributed by atoms with Crippen LogP contribution in [0.4, 0.5) is 5.82 Å². The first-order valence-electron chi connectivity index (χ1n) is 5.58. The van der Waals surface area contributed by atoms with Gasteiger partial charge in [0.2, 0.25) is 0 Å². The summed E-state index contributed by atoms with van der Waals surface area (Å²) in [5.41, 5.74) is 1.52. The number of anilines is 1. The summed E-state index contributed by atoms with van der Waals surface area (Å²) in [5.74, 6) is 0.712. The van der Waals surface area contributed by atoms with E-state index in [0.29, 0.717) is 18.7 Å². The average Bonchev–Trinajstić information content (AvgIpc) is 2.79. The van der Waals surface area contributed by atoms with E-state index in [0.717, 1.165) is 11.2 Å². The first-order valence-corrected chi connectivity index (χ1v) is 6.73. The van der Waals surface area contributed by atoms with Gasteiger partial charge in [-0.25, -0.2) is 15.0 Å². The van der Waals surface area contributed by atoms with Crippen molar-refractivity contribution in [3.8, 4) is 0 Å². The third kappa shape index (κ3) is 2.75. The van der Waals surface area contributed by atoms with Crippen LogP contribution in [0.25, 0.3) is 11.2 Å². The Labute approximate surface area is 106 Å². The maximum Gasteiger partial charge on any atom is 0.165 e. The van der Waals surface area contributed by atoms with Crippen molar-refractivity contribution in [2.24, 2.45) is 0 Å². The number of fused-ring (bicyclic) bond motifs is 1. The Bertz CT molecular complexity index is 518. The molecule has 0 saturated carbocycles. The summed E-state index contributed by atoms with van der Waals surface area (Å²) >= 11 is 0. The molecule has 0 aliphatic rings. The van der Waals surface area contributed by atoms with Gasteiger partial charge in [-0.15, -0.1) is 0 Å². The van der Waals surface area contributed by atoms with Crippen LogP contribution in [0.3, 0.4) is 0 Å². The second kappa shape index (κ2) is 6.04. The fourth-order valence-electron chi connectivity index (χ4n) is 1.71. The van der Waals surface area contributed by atoms with Gasteiger partial charge >= 0.3 is 0 Å². The third-order valence-electron chi connectivity index (χ3n) is 2.52. The van der Waals surface area contributed by atoms with Crippen molar-refractivity contribution in [3.05, 3.63) is 12.7 Å². The topological polar surface area (TPSA) is 85.1 Å². The summed E-state index contributed by atoms with van der Waals surface area (Å²) in [4.78, 5) is 21.4. The van der Waals surface area contributed by atoms with E-state index in [9.17, 15) is 0 Å². The molecule has 1 unspecified atom stereocenters. The first-order chi connectivity index (χ1) is 8.76. The van der Waals surface area contributed by atoms with E-state index in [-0.39, 0.29) is 14.9 Å². The van der Waals surface area contributed by atoms with Gasteiger partial charge in [0.05, 0.1) is 25.3 Å². The van der Waals surface area contributed by atoms with Crippen molar-refractivity contribution < 1.29 is 9.63 Å². The zero-order valence-corrected chi connectivity index (χ0v) is 11.3. The SMILES string of the molecule is CNc1ncnc2c1ncn2C[C@@H](C)OCPO. The summed E-state index contributed by atoms with van der Waals surface area (Å²) in [7, 11) is 1.62. The van der Waals surface area contributed by atoms with Crippen LogP contribution in [-0.4, -0.2) is 43.9 Å². The molecule has 0 aliphatic carbocycles. The van der Waals surface area contributed by atoms with E-state index in [1.54, 1.807) is 13.4 Å². The van der Waals surface area contributed by atoms with Crippen LogP contribution >= 0.6 is 8.81 Å². The number of ether oxygens (including phenoxy) is 1. The highest BCUT2D eigenvalue weighted by atomic mass is 31.1. The van der Waals surface area contributed by atoms with Crippen molar-refractivity contribution >= 4 is 25.8 Å². The minimum atomic E-state index is -0.185. The van der Waals surface area contributed by atoms with Gasteiger partial charge in [0, 0.05) is 15.9 Å². The van der Waals surface area contributed by atoms with Crippen LogP contribution in [0.2, 0.25) is 0 Å². The molecule has 0 spiro atoms. The Hall–Kier alpha value is -1.30. The molecule has 7 nitrogen and oxygen atoms in total. The molecule has 2 N–H and O–H groups in total. The summed E-state index contributed by atoms with van der Waals surface area (Å²) in [6.45, 7) is 2.59. The summed E-state index contributed by atoms with van der Waals surface area (Å²) in [5, 5.41) is 2.98. The maximum absolute atomic E-state index is 8.74. The van der Waals surface area contributed by atoms with Crippen LogP contribution in [0.5, 0.6) is 0 Å². The molecule has 0 saturated heterocycles. The third-order valence-corrected chi connectivity index (χ3v) is 2.82. The molecule has 2 atom stereocenters. The molecular formula is C10H16N5O2P. The van der Waals surface area contributed by atoms with Crippen molar-refractivity contribution in [1.29, 1.82) is 0 Å². The number of imidazole rings is 1. The highest BCUT2D eigenvalue weighted by Crippen LogP contribution is 2.17. The van der Waals surface area contributed by atoms with Gasteiger partial charge in [-0.1, -0.05) is 0 Å². The predicted octanol–water partition coefficient (Wildman–Crippen LogP) is 0.816. The molecule has 0 fully saturated rings. The molecule has 2 rings (SSSR count). The largest absolute Gasteiger partial charge is 0.375 e. The highest BCUT2D eigenvalue weighted by molar-refractivity contribution is 7.30. The van der Waals surface area contributed by atoms with Crippen molar-refractivity contribution in [2.45, 2.75) is 19.6 Å². The summed E-state index contributed by atoms with van der Waals surface area (Å²) in [6, 6.07) is 0. The molecule has 0 bridgehead atoms. The second-order valence-electron chi connectivity index (χ2n) is 3.82. The molecule has 98 valence electrons. The molecule has 2 aromatic heterocycles. The number of rotatable bonds is 6. The van der Waals surface area contributed by atoms with E-state index in [1.807, 2.05) is 11.5 Å². The van der Waals surface area contributed by atoms with Crippen LogP contribution in [0.1, 0.15) is 6.92 Å². The Balaban J connectivity index is 2.19. The molecule has 0 aromatic carbocycles. The van der Waals surface area contributed by atoms with Crippen LogP contribution in [-0.2, 0) is 11.3 Å². The molecule has 0 amide bonds. The van der Waals surface area contributed by atoms with Gasteiger partial charge in [-0.05, 0) is 6.92 Å². The van der Waals surface area contributed by atoms with Gasteiger partial charge in [0.25, 0.3) is 0 Å². The lowest BCUT2D eigenvalue weighted by Gasteiger charge is -2.12. The monoisotopic (exact) mass is 269 g/mol. The van der Waals surface area contributed by atoms with E-state index < -0.39 is 0 Å². The van der Waals surface area contributed by atoms with Gasteiger partial charge < -0.3 is 19.5 Å². The van der Waals surface area contributed by atoms with Gasteiger partial charge in [0.15, 0.2) is 11.5 Å². The smallest absolute Gasteiger partial charge is 0.165 e. The van der Waals surface area contributed by atoms with Crippen molar-refractivity contribution in [2.75, 3.05) is 18.7 Å². The fourth-order valence-corrected chi connectivity index (χ4v) is 2.07. The van der Waals surface area contributed by atoms with Crippen LogP contribution in [0.15, 0.2) is 12.7 Å². The Morgan fingerprint density at radius 3 is 3.06 bits per heavy atom. The molecule has 0 aliphatic heterocycles. The molecule has 2 heterocycles. The summed E-state index contributed by atoms with van der Waals surface area (Å²) < 4.78 is 7.34. The highest BCUT2D eigenvalue weighted by Gasteiger charge is 2.11. The number of nitrogens with one attached hydrogen (secondary N) is 1. The standard InChI is InChI=1S/C10H16N5O2P/c1-7(17-6-18-16)3-15-5-14-8-9(11-2)12-4-13-10(8)15/h4-5,7,16,18H,3,6H2,1-2H3,(H,11,12,13)/t7-/m1/s1. The van der Waals surface area contributed by atoms with Gasteiger partial charge in [0.1, 0.15) is 11.8 Å². The van der Waals surface area contributed by atoms with E-state index in [1.165, 1.54) is 6.33 Å². The molecular weight excluding hydrogens is 253 g/mol. The number of hydrogen-bond acceptors (Lipinski definition) is 6. The lowest BCUT2D eigenvalue weighted by Crippen LogP contribution is -2.16. The zero-order valence-electron chi connectivity index (χ0n) is 10.3. The maximum atomic E-state index is 8.74. The van der Waals surface area contributed by atoms with Crippen molar-refractivity contribution in [1.82, 2.24) is 19.5 Å².